The maximum Gasteiger partial charge on any atom is 0.416 e. The smallest absolute Gasteiger partial charge is 0.416 e. The number of alkyl halides is 3. The van der Waals surface area contributed by atoms with Crippen LogP contribution in [-0.4, -0.2) is 22.1 Å². The van der Waals surface area contributed by atoms with E-state index in [2.05, 4.69) is 0 Å². The number of rotatable bonds is 10. The fourth-order valence-corrected chi connectivity index (χ4v) is 5.23. The zero-order valence-corrected chi connectivity index (χ0v) is 23.0. The van der Waals surface area contributed by atoms with E-state index in [0.29, 0.717) is 40.7 Å². The van der Waals surface area contributed by atoms with Gasteiger partial charge < -0.3 is 14.0 Å². The lowest BCUT2D eigenvalue weighted by Gasteiger charge is -2.11. The first-order chi connectivity index (χ1) is 19.8. The first-order valence-electron chi connectivity index (χ1n) is 13.0. The zero-order chi connectivity index (χ0) is 28.8. The molecule has 5 rings (SSSR count). The van der Waals surface area contributed by atoms with Crippen molar-refractivity contribution in [2.24, 2.45) is 0 Å². The number of fused-ring (bicyclic) bond motifs is 1. The number of thioether (sulfide) groups is 1. The van der Waals surface area contributed by atoms with Gasteiger partial charge in [0.1, 0.15) is 12.4 Å². The van der Waals surface area contributed by atoms with Gasteiger partial charge >= 0.3 is 12.1 Å². The van der Waals surface area contributed by atoms with Gasteiger partial charge in [0, 0.05) is 5.75 Å². The number of halogens is 3. The maximum atomic E-state index is 13.1. The van der Waals surface area contributed by atoms with Crippen LogP contribution in [0.5, 0.6) is 5.75 Å². The van der Waals surface area contributed by atoms with Crippen LogP contribution in [0.2, 0.25) is 0 Å². The number of nitrogens with zero attached hydrogens (tertiary/aromatic N) is 2. The number of carbonyl (C=O) groups is 1. The number of imidazole rings is 1. The van der Waals surface area contributed by atoms with Gasteiger partial charge in [-0.05, 0) is 66.1 Å². The van der Waals surface area contributed by atoms with E-state index in [-0.39, 0.29) is 6.61 Å². The molecule has 0 aliphatic carbocycles. The molecule has 0 amide bonds. The SMILES string of the molecule is CCOC(=O)c1ccc2c(c1)nc(SCc1ccc(OCc3ccccc3)cc1)n2Cc1ccc(C(F)(F)F)cc1. The van der Waals surface area contributed by atoms with E-state index in [1.54, 1.807) is 25.1 Å². The summed E-state index contributed by atoms with van der Waals surface area (Å²) in [5, 5.41) is 0.685. The summed E-state index contributed by atoms with van der Waals surface area (Å²) in [6.45, 7) is 2.81. The summed E-state index contributed by atoms with van der Waals surface area (Å²) in [7, 11) is 0. The lowest BCUT2D eigenvalue weighted by atomic mass is 10.1. The standard InChI is InChI=1S/C32H27F3N2O3S/c1-2-39-30(38)25-12-17-29-28(18-25)36-31(37(29)19-22-8-13-26(14-9-22)32(33,34)35)41-21-24-10-15-27(16-11-24)40-20-23-6-4-3-5-7-23/h3-18H,2,19-21H2,1H3. The van der Waals surface area contributed by atoms with Gasteiger partial charge in [-0.3, -0.25) is 0 Å². The number of aromatic nitrogens is 2. The molecule has 0 spiro atoms. The predicted molar refractivity (Wildman–Crippen MR) is 153 cm³/mol. The average Bonchev–Trinajstić information content (AvgIpc) is 3.32. The lowest BCUT2D eigenvalue weighted by Crippen LogP contribution is -2.06. The molecule has 0 atom stereocenters. The van der Waals surface area contributed by atoms with Crippen molar-refractivity contribution in [2.75, 3.05) is 6.61 Å². The molecule has 0 fully saturated rings. The van der Waals surface area contributed by atoms with E-state index in [9.17, 15) is 18.0 Å². The molecule has 0 radical (unpaired) electrons. The number of benzene rings is 4. The summed E-state index contributed by atoms with van der Waals surface area (Å²) in [5.41, 5.74) is 3.92. The first-order valence-corrected chi connectivity index (χ1v) is 14.0. The third-order valence-corrected chi connectivity index (χ3v) is 7.43. The fraction of sp³-hybridized carbons (Fsp3) is 0.188. The van der Waals surface area contributed by atoms with Crippen molar-refractivity contribution < 1.29 is 27.4 Å². The molecule has 0 saturated heterocycles. The maximum absolute atomic E-state index is 13.1. The van der Waals surface area contributed by atoms with Gasteiger partial charge in [-0.1, -0.05) is 66.4 Å². The van der Waals surface area contributed by atoms with Gasteiger partial charge in [-0.15, -0.1) is 0 Å². The quantitative estimate of drug-likeness (QED) is 0.124. The molecule has 5 nitrogen and oxygen atoms in total. The molecular weight excluding hydrogens is 549 g/mol. The van der Waals surface area contributed by atoms with Crippen molar-refractivity contribution in [1.82, 2.24) is 9.55 Å². The van der Waals surface area contributed by atoms with Crippen LogP contribution in [0.15, 0.2) is 102 Å². The molecule has 0 bridgehead atoms. The van der Waals surface area contributed by atoms with Crippen LogP contribution in [0.25, 0.3) is 11.0 Å². The fourth-order valence-electron chi connectivity index (χ4n) is 4.26. The summed E-state index contributed by atoms with van der Waals surface area (Å²) in [6, 6.07) is 28.0. The highest BCUT2D eigenvalue weighted by molar-refractivity contribution is 7.98. The Kier molecular flexibility index (Phi) is 8.64. The number of ether oxygens (including phenoxy) is 2. The Hall–Kier alpha value is -4.24. The van der Waals surface area contributed by atoms with E-state index in [1.807, 2.05) is 59.2 Å². The van der Waals surface area contributed by atoms with Gasteiger partial charge in [0.2, 0.25) is 0 Å². The topological polar surface area (TPSA) is 53.4 Å². The van der Waals surface area contributed by atoms with E-state index < -0.39 is 17.7 Å². The molecular formula is C32H27F3N2O3S. The Morgan fingerprint density at radius 2 is 1.59 bits per heavy atom. The second kappa shape index (κ2) is 12.5. The van der Waals surface area contributed by atoms with Crippen LogP contribution in [0.1, 0.15) is 39.5 Å². The molecule has 0 saturated carbocycles. The normalized spacial score (nSPS) is 11.5. The molecule has 0 aliphatic heterocycles. The van der Waals surface area contributed by atoms with Gasteiger partial charge in [-0.2, -0.15) is 13.2 Å². The highest BCUT2D eigenvalue weighted by atomic mass is 32.2. The second-order valence-electron chi connectivity index (χ2n) is 9.31. The highest BCUT2D eigenvalue weighted by Gasteiger charge is 2.30. The molecule has 41 heavy (non-hydrogen) atoms. The van der Waals surface area contributed by atoms with Gasteiger partial charge in [0.05, 0.1) is 35.3 Å². The third-order valence-electron chi connectivity index (χ3n) is 6.39. The van der Waals surface area contributed by atoms with E-state index >= 15 is 0 Å². The summed E-state index contributed by atoms with van der Waals surface area (Å²) < 4.78 is 52.2. The monoisotopic (exact) mass is 576 g/mol. The Bertz CT molecular complexity index is 1620. The number of hydrogen-bond donors (Lipinski definition) is 0. The third kappa shape index (κ3) is 7.10. The van der Waals surface area contributed by atoms with Gasteiger partial charge in [0.15, 0.2) is 5.16 Å². The Labute approximate surface area is 239 Å². The zero-order valence-electron chi connectivity index (χ0n) is 22.2. The van der Waals surface area contributed by atoms with Crippen molar-refractivity contribution in [3.05, 3.63) is 125 Å². The molecule has 5 aromatic rings. The molecule has 1 heterocycles. The molecule has 210 valence electrons. The molecule has 1 aromatic heterocycles. The number of esters is 1. The van der Waals surface area contributed by atoms with Crippen LogP contribution in [-0.2, 0) is 29.8 Å². The minimum Gasteiger partial charge on any atom is -0.489 e. The van der Waals surface area contributed by atoms with Crippen LogP contribution in [0, 0.1) is 0 Å². The largest absolute Gasteiger partial charge is 0.489 e. The highest BCUT2D eigenvalue weighted by Crippen LogP contribution is 2.31. The Morgan fingerprint density at radius 3 is 2.27 bits per heavy atom. The summed E-state index contributed by atoms with van der Waals surface area (Å²) in [4.78, 5) is 17.1. The molecule has 0 unspecified atom stereocenters. The molecule has 4 aromatic carbocycles. The van der Waals surface area contributed by atoms with Crippen molar-refractivity contribution >= 4 is 28.8 Å². The van der Waals surface area contributed by atoms with Crippen molar-refractivity contribution in [3.8, 4) is 5.75 Å². The minimum absolute atomic E-state index is 0.260. The summed E-state index contributed by atoms with van der Waals surface area (Å²) in [5.74, 6) is 0.944. The summed E-state index contributed by atoms with van der Waals surface area (Å²) >= 11 is 1.51. The number of hydrogen-bond acceptors (Lipinski definition) is 5. The van der Waals surface area contributed by atoms with E-state index in [0.717, 1.165) is 34.5 Å². The van der Waals surface area contributed by atoms with E-state index in [4.69, 9.17) is 14.5 Å². The van der Waals surface area contributed by atoms with Gasteiger partial charge in [-0.25, -0.2) is 9.78 Å². The van der Waals surface area contributed by atoms with Crippen LogP contribution in [0.4, 0.5) is 13.2 Å². The van der Waals surface area contributed by atoms with Crippen molar-refractivity contribution in [2.45, 2.75) is 37.2 Å². The predicted octanol–water partition coefficient (Wildman–Crippen LogP) is 8.15. The van der Waals surface area contributed by atoms with E-state index in [1.165, 1.54) is 23.9 Å². The molecule has 0 aliphatic rings. The lowest BCUT2D eigenvalue weighted by molar-refractivity contribution is -0.137. The minimum atomic E-state index is -4.40. The molecule has 9 heteroatoms. The van der Waals surface area contributed by atoms with Crippen molar-refractivity contribution in [3.63, 3.8) is 0 Å². The van der Waals surface area contributed by atoms with Crippen LogP contribution in [0.3, 0.4) is 0 Å². The second-order valence-corrected chi connectivity index (χ2v) is 10.2. The Morgan fingerprint density at radius 1 is 0.878 bits per heavy atom. The summed E-state index contributed by atoms with van der Waals surface area (Å²) in [6.07, 6.45) is -4.40. The Balaban J connectivity index is 1.36. The van der Waals surface area contributed by atoms with Gasteiger partial charge in [0.25, 0.3) is 0 Å². The van der Waals surface area contributed by atoms with Crippen molar-refractivity contribution in [1.29, 1.82) is 0 Å². The first kappa shape index (κ1) is 28.3. The average molecular weight is 577 g/mol. The van der Waals surface area contributed by atoms with Crippen LogP contribution < -0.4 is 4.74 Å². The van der Waals surface area contributed by atoms with Crippen LogP contribution >= 0.6 is 11.8 Å². The number of carbonyl (C=O) groups excluding carboxylic acids is 1. The molecule has 0 N–H and O–H groups in total.